The van der Waals surface area contributed by atoms with E-state index in [4.69, 9.17) is 4.98 Å². The molecule has 6 aromatic rings. The number of pyridine rings is 3. The van der Waals surface area contributed by atoms with Gasteiger partial charge in [0.25, 0.3) is 0 Å². The summed E-state index contributed by atoms with van der Waals surface area (Å²) in [5.74, 6) is 0.644. The predicted molar refractivity (Wildman–Crippen MR) is 141 cm³/mol. The molecule has 9 nitrogen and oxygen atoms in total. The molecule has 178 valence electrons. The van der Waals surface area contributed by atoms with Crippen LogP contribution >= 0.6 is 11.3 Å². The summed E-state index contributed by atoms with van der Waals surface area (Å²) in [5.41, 5.74) is 6.67. The number of hydrogen-bond donors (Lipinski definition) is 3. The van der Waals surface area contributed by atoms with Crippen molar-refractivity contribution >= 4 is 39.3 Å². The molecule has 0 saturated heterocycles. The molecule has 0 radical (unpaired) electrons. The van der Waals surface area contributed by atoms with Gasteiger partial charge < -0.3 is 10.3 Å². The molecule has 36 heavy (non-hydrogen) atoms. The van der Waals surface area contributed by atoms with Crippen LogP contribution in [0.3, 0.4) is 0 Å². The fourth-order valence-corrected chi connectivity index (χ4v) is 5.07. The first-order valence-corrected chi connectivity index (χ1v) is 12.4. The number of H-pyrrole nitrogens is 2. The summed E-state index contributed by atoms with van der Waals surface area (Å²) in [7, 11) is 0. The fraction of sp³-hybridized carbons (Fsp3) is 0.154. The van der Waals surface area contributed by atoms with E-state index in [9.17, 15) is 4.79 Å². The average molecular weight is 495 g/mol. The van der Waals surface area contributed by atoms with Gasteiger partial charge in [-0.1, -0.05) is 6.92 Å². The van der Waals surface area contributed by atoms with E-state index in [1.54, 1.807) is 13.1 Å². The molecule has 0 aliphatic heterocycles. The highest BCUT2D eigenvalue weighted by Gasteiger charge is 2.18. The molecule has 0 aliphatic rings. The Morgan fingerprint density at radius 2 is 1.94 bits per heavy atom. The van der Waals surface area contributed by atoms with Gasteiger partial charge in [0, 0.05) is 52.9 Å². The molecular formula is C26H22N8OS. The number of carbonyl (C=O) groups excluding carboxylic acids is 1. The molecule has 0 spiro atoms. The minimum Gasteiger partial charge on any atom is -0.321 e. The molecule has 6 aromatic heterocycles. The van der Waals surface area contributed by atoms with Gasteiger partial charge in [0.15, 0.2) is 22.9 Å². The number of nitrogens with one attached hydrogen (secondary N) is 3. The zero-order valence-electron chi connectivity index (χ0n) is 19.7. The highest BCUT2D eigenvalue weighted by atomic mass is 32.1. The topological polar surface area (TPSA) is 125 Å². The number of rotatable bonds is 7. The molecule has 0 amide bonds. The Morgan fingerprint density at radius 1 is 1.06 bits per heavy atom. The zero-order chi connectivity index (χ0) is 24.6. The van der Waals surface area contributed by atoms with Gasteiger partial charge in [0.05, 0.1) is 10.3 Å². The van der Waals surface area contributed by atoms with Crippen LogP contribution in [0, 0.1) is 0 Å². The Labute approximate surface area is 210 Å². The molecule has 0 fully saturated rings. The van der Waals surface area contributed by atoms with Gasteiger partial charge in [-0.05, 0) is 49.4 Å². The number of imidazole rings is 1. The van der Waals surface area contributed by atoms with Crippen LogP contribution in [0.2, 0.25) is 0 Å². The van der Waals surface area contributed by atoms with Crippen molar-refractivity contribution in [1.82, 2.24) is 40.4 Å². The number of nitrogens with zero attached hydrogens (tertiary/aromatic N) is 5. The molecule has 6 rings (SSSR count). The van der Waals surface area contributed by atoms with Gasteiger partial charge in [0.1, 0.15) is 11.2 Å². The summed E-state index contributed by atoms with van der Waals surface area (Å²) in [6, 6.07) is 9.88. The number of aromatic amines is 2. The Morgan fingerprint density at radius 3 is 2.78 bits per heavy atom. The van der Waals surface area contributed by atoms with Crippen molar-refractivity contribution in [3.63, 3.8) is 0 Å². The number of aromatic nitrogens is 7. The maximum absolute atomic E-state index is 11.8. The lowest BCUT2D eigenvalue weighted by Crippen LogP contribution is -2.11. The lowest BCUT2D eigenvalue weighted by Gasteiger charge is -2.05. The first-order valence-electron chi connectivity index (χ1n) is 11.6. The number of thiophene rings is 1. The molecule has 3 N–H and O–H groups in total. The van der Waals surface area contributed by atoms with Gasteiger partial charge in [-0.2, -0.15) is 5.10 Å². The van der Waals surface area contributed by atoms with Crippen LogP contribution in [0.4, 0.5) is 0 Å². The molecule has 0 atom stereocenters. The summed E-state index contributed by atoms with van der Waals surface area (Å²) < 4.78 is 0. The van der Waals surface area contributed by atoms with Crippen LogP contribution in [0.25, 0.3) is 55.3 Å². The van der Waals surface area contributed by atoms with Crippen LogP contribution in [0.5, 0.6) is 0 Å². The summed E-state index contributed by atoms with van der Waals surface area (Å²) >= 11 is 1.45. The van der Waals surface area contributed by atoms with Crippen LogP contribution in [-0.2, 0) is 6.54 Å². The Bertz CT molecular complexity index is 1730. The quantitative estimate of drug-likeness (QED) is 0.267. The minimum absolute atomic E-state index is 0.0490. The van der Waals surface area contributed by atoms with E-state index in [0.717, 1.165) is 51.1 Å². The molecule has 0 bridgehead atoms. The van der Waals surface area contributed by atoms with E-state index < -0.39 is 0 Å². The number of ketones is 1. The Hall–Kier alpha value is -4.28. The first-order chi connectivity index (χ1) is 17.6. The monoisotopic (exact) mass is 494 g/mol. The summed E-state index contributed by atoms with van der Waals surface area (Å²) in [4.78, 5) is 35.1. The zero-order valence-corrected chi connectivity index (χ0v) is 20.5. The maximum atomic E-state index is 11.8. The number of fused-ring (bicyclic) bond motifs is 2. The lowest BCUT2D eigenvalue weighted by molar-refractivity contribution is 0.102. The lowest BCUT2D eigenvalue weighted by atomic mass is 10.1. The van der Waals surface area contributed by atoms with E-state index in [1.807, 2.05) is 36.8 Å². The SMILES string of the molecule is CCNCc1cncc(-c2cnc3[nH]nc(-c4nc5c(-c6ccc(C(C)=O)s6)ccnc5[nH]4)c3c2)c1. The summed E-state index contributed by atoms with van der Waals surface area (Å²) in [6.07, 6.45) is 7.27. The first kappa shape index (κ1) is 22.2. The van der Waals surface area contributed by atoms with Crippen molar-refractivity contribution in [3.8, 4) is 33.1 Å². The predicted octanol–water partition coefficient (Wildman–Crippen LogP) is 5.00. The highest BCUT2D eigenvalue weighted by molar-refractivity contribution is 7.17. The van der Waals surface area contributed by atoms with Gasteiger partial charge in [-0.15, -0.1) is 11.3 Å². The van der Waals surface area contributed by atoms with Crippen LogP contribution < -0.4 is 5.32 Å². The van der Waals surface area contributed by atoms with Crippen molar-refractivity contribution in [1.29, 1.82) is 0 Å². The molecular weight excluding hydrogens is 472 g/mol. The average Bonchev–Trinajstić information content (AvgIpc) is 3.64. The standard InChI is InChI=1S/C26H22N8OS/c1-3-27-10-15-8-16(12-28-11-15)17-9-19-23(33-34-24(19)30-13-17)26-31-22-18(6-7-29-25(22)32-26)21-5-4-20(36-21)14(2)35/h4-9,11-13,27H,3,10H2,1-2H3,(H,29,31,32)(H,30,33,34). The minimum atomic E-state index is 0.0490. The molecule has 6 heterocycles. The number of carbonyl (C=O) groups is 1. The second-order valence-electron chi connectivity index (χ2n) is 8.42. The van der Waals surface area contributed by atoms with Gasteiger partial charge in [-0.3, -0.25) is 14.9 Å². The van der Waals surface area contributed by atoms with E-state index >= 15 is 0 Å². The van der Waals surface area contributed by atoms with Crippen molar-refractivity contribution in [2.24, 2.45) is 0 Å². The number of hydrogen-bond acceptors (Lipinski definition) is 8. The van der Waals surface area contributed by atoms with E-state index in [0.29, 0.717) is 27.7 Å². The third-order valence-electron chi connectivity index (χ3n) is 5.95. The largest absolute Gasteiger partial charge is 0.321 e. The van der Waals surface area contributed by atoms with E-state index in [1.165, 1.54) is 11.3 Å². The van der Waals surface area contributed by atoms with Crippen molar-refractivity contribution in [3.05, 3.63) is 65.6 Å². The molecule has 0 aromatic carbocycles. The van der Waals surface area contributed by atoms with Crippen LogP contribution in [-0.4, -0.2) is 47.4 Å². The number of Topliss-reactive ketones (excluding diaryl/α,β-unsaturated/α-hetero) is 1. The normalized spacial score (nSPS) is 11.5. The van der Waals surface area contributed by atoms with Crippen LogP contribution in [0.1, 0.15) is 29.1 Å². The highest BCUT2D eigenvalue weighted by Crippen LogP contribution is 2.34. The summed E-state index contributed by atoms with van der Waals surface area (Å²) in [6.45, 7) is 5.31. The second-order valence-corrected chi connectivity index (χ2v) is 9.50. The van der Waals surface area contributed by atoms with Crippen molar-refractivity contribution in [2.45, 2.75) is 20.4 Å². The van der Waals surface area contributed by atoms with Crippen molar-refractivity contribution < 1.29 is 4.79 Å². The van der Waals surface area contributed by atoms with Crippen molar-refractivity contribution in [2.75, 3.05) is 6.54 Å². The third kappa shape index (κ3) is 3.96. The van der Waals surface area contributed by atoms with Crippen LogP contribution in [0.15, 0.2) is 55.1 Å². The smallest absolute Gasteiger partial charge is 0.169 e. The Balaban J connectivity index is 1.42. The van der Waals surface area contributed by atoms with Gasteiger partial charge in [-0.25, -0.2) is 15.0 Å². The molecule has 0 saturated carbocycles. The molecule has 0 aliphatic carbocycles. The van der Waals surface area contributed by atoms with E-state index in [-0.39, 0.29) is 5.78 Å². The maximum Gasteiger partial charge on any atom is 0.169 e. The molecule has 10 heteroatoms. The van der Waals surface area contributed by atoms with Gasteiger partial charge in [0.2, 0.25) is 0 Å². The van der Waals surface area contributed by atoms with Gasteiger partial charge >= 0.3 is 0 Å². The second kappa shape index (κ2) is 9.06. The summed E-state index contributed by atoms with van der Waals surface area (Å²) in [5, 5.41) is 11.7. The Kier molecular flexibility index (Phi) is 5.59. The molecule has 0 unspecified atom stereocenters. The van der Waals surface area contributed by atoms with E-state index in [2.05, 4.69) is 54.5 Å². The third-order valence-corrected chi connectivity index (χ3v) is 7.17. The fourth-order valence-electron chi connectivity index (χ4n) is 4.15.